The van der Waals surface area contributed by atoms with E-state index < -0.39 is 18.2 Å². The zero-order valence-electron chi connectivity index (χ0n) is 13.3. The Labute approximate surface area is 155 Å². The summed E-state index contributed by atoms with van der Waals surface area (Å²) < 4.78 is 0. The molecule has 2 atom stereocenters. The summed E-state index contributed by atoms with van der Waals surface area (Å²) in [6, 6.07) is 9.21. The van der Waals surface area contributed by atoms with E-state index in [1.54, 1.807) is 36.4 Å². The molecule has 132 valence electrons. The number of benzene rings is 1. The Morgan fingerprint density at radius 2 is 2.00 bits per heavy atom. The summed E-state index contributed by atoms with van der Waals surface area (Å²) in [6.07, 6.45) is 1.26. The van der Waals surface area contributed by atoms with Crippen molar-refractivity contribution in [2.75, 3.05) is 6.54 Å². The Kier molecular flexibility index (Phi) is 5.47. The van der Waals surface area contributed by atoms with Crippen molar-refractivity contribution in [3.05, 3.63) is 63.9 Å². The van der Waals surface area contributed by atoms with Crippen LogP contribution >= 0.6 is 23.2 Å². The van der Waals surface area contributed by atoms with Crippen LogP contribution in [0.25, 0.3) is 0 Å². The van der Waals surface area contributed by atoms with Gasteiger partial charge in [0.25, 0.3) is 0 Å². The van der Waals surface area contributed by atoms with Crippen LogP contribution in [0.15, 0.2) is 42.6 Å². The van der Waals surface area contributed by atoms with Crippen LogP contribution in [-0.2, 0) is 0 Å². The number of carboxylic acid groups (broad SMARTS) is 1. The number of aliphatic hydroxyl groups excluding tert-OH is 1. The first-order valence-electron chi connectivity index (χ1n) is 8.00. The summed E-state index contributed by atoms with van der Waals surface area (Å²) in [4.78, 5) is 17.4. The zero-order chi connectivity index (χ0) is 18.0. The summed E-state index contributed by atoms with van der Waals surface area (Å²) in [5.41, 5.74) is 0.983. The molecule has 0 radical (unpaired) electrons. The van der Waals surface area contributed by atoms with E-state index in [1.807, 2.05) is 0 Å². The third kappa shape index (κ3) is 4.42. The van der Waals surface area contributed by atoms with Crippen LogP contribution < -0.4 is 0 Å². The van der Waals surface area contributed by atoms with Gasteiger partial charge in [0.1, 0.15) is 12.1 Å². The highest BCUT2D eigenvalue weighted by molar-refractivity contribution is 6.30. The molecule has 1 heterocycles. The highest BCUT2D eigenvalue weighted by Crippen LogP contribution is 2.38. The number of carbonyl (C=O) groups is 1. The van der Waals surface area contributed by atoms with Gasteiger partial charge in [-0.1, -0.05) is 35.3 Å². The molecule has 1 aliphatic rings. The smallest absolute Gasteiger partial charge is 0.407 e. The Balaban J connectivity index is 2.00. The zero-order valence-corrected chi connectivity index (χ0v) is 14.9. The van der Waals surface area contributed by atoms with Gasteiger partial charge in [0, 0.05) is 17.8 Å². The second-order valence-electron chi connectivity index (χ2n) is 6.22. The molecule has 25 heavy (non-hydrogen) atoms. The second-order valence-corrected chi connectivity index (χ2v) is 7.10. The number of pyridine rings is 1. The number of amides is 1. The van der Waals surface area contributed by atoms with Gasteiger partial charge in [0.05, 0.1) is 10.7 Å². The lowest BCUT2D eigenvalue weighted by Crippen LogP contribution is -2.39. The Morgan fingerprint density at radius 3 is 2.56 bits per heavy atom. The van der Waals surface area contributed by atoms with Gasteiger partial charge < -0.3 is 10.2 Å². The van der Waals surface area contributed by atoms with Crippen LogP contribution in [0, 0.1) is 5.92 Å². The fourth-order valence-electron chi connectivity index (χ4n) is 2.82. The molecule has 0 spiro atoms. The Morgan fingerprint density at radius 1 is 1.24 bits per heavy atom. The predicted octanol–water partition coefficient (Wildman–Crippen LogP) is 4.55. The lowest BCUT2D eigenvalue weighted by molar-refractivity contribution is 0.0423. The molecule has 2 aromatic rings. The normalized spacial score (nSPS) is 16.3. The van der Waals surface area contributed by atoms with Crippen molar-refractivity contribution in [1.29, 1.82) is 0 Å². The average Bonchev–Trinajstić information content (AvgIpc) is 3.39. The van der Waals surface area contributed by atoms with Gasteiger partial charge in [-0.3, -0.25) is 9.88 Å². The van der Waals surface area contributed by atoms with E-state index in [0.29, 0.717) is 33.8 Å². The highest BCUT2D eigenvalue weighted by Gasteiger charge is 2.37. The van der Waals surface area contributed by atoms with E-state index >= 15 is 0 Å². The molecule has 5 nitrogen and oxygen atoms in total. The lowest BCUT2D eigenvalue weighted by Gasteiger charge is -2.33. The fraction of sp³-hybridized carbons (Fsp3) is 0.333. The van der Waals surface area contributed by atoms with Gasteiger partial charge >= 0.3 is 6.09 Å². The van der Waals surface area contributed by atoms with Gasteiger partial charge in [0.15, 0.2) is 0 Å². The van der Waals surface area contributed by atoms with Crippen molar-refractivity contribution >= 4 is 29.3 Å². The van der Waals surface area contributed by atoms with Crippen LogP contribution in [0.5, 0.6) is 0 Å². The Bertz CT molecular complexity index is 750. The van der Waals surface area contributed by atoms with Gasteiger partial charge in [0.2, 0.25) is 0 Å². The molecule has 3 rings (SSSR count). The quantitative estimate of drug-likeness (QED) is 0.770. The first-order valence-corrected chi connectivity index (χ1v) is 8.76. The van der Waals surface area contributed by atoms with Crippen LogP contribution in [0.2, 0.25) is 10.0 Å². The van der Waals surface area contributed by atoms with Crippen LogP contribution in [0.3, 0.4) is 0 Å². The maximum absolute atomic E-state index is 11.9. The lowest BCUT2D eigenvalue weighted by atomic mass is 9.97. The maximum atomic E-state index is 11.9. The molecule has 0 saturated heterocycles. The van der Waals surface area contributed by atoms with E-state index in [9.17, 15) is 15.0 Å². The summed E-state index contributed by atoms with van der Waals surface area (Å²) in [5, 5.41) is 21.6. The molecular formula is C18H18Cl2N2O3. The van der Waals surface area contributed by atoms with E-state index in [4.69, 9.17) is 23.2 Å². The molecule has 0 bridgehead atoms. The Hall–Kier alpha value is -1.82. The summed E-state index contributed by atoms with van der Waals surface area (Å²) >= 11 is 11.9. The minimum Gasteiger partial charge on any atom is -0.465 e. The SMILES string of the molecule is O=C(O)N(CC1CC1)[C@@H](c1ccc(Cl)cn1)[C@@H](O)c1cccc(Cl)c1. The van der Waals surface area contributed by atoms with Crippen molar-refractivity contribution in [3.8, 4) is 0 Å². The standard InChI is InChI=1S/C18H18Cl2N2O3/c19-13-3-1-2-12(8-13)17(23)16(15-7-6-14(20)9-21-15)22(18(24)25)10-11-4-5-11/h1-3,6-9,11,16-17,23H,4-5,10H2,(H,24,25)/t16-,17-/m0/s1. The number of aliphatic hydroxyl groups is 1. The third-order valence-corrected chi connectivity index (χ3v) is 4.73. The number of nitrogens with zero attached hydrogens (tertiary/aromatic N) is 2. The molecule has 1 saturated carbocycles. The predicted molar refractivity (Wildman–Crippen MR) is 95.9 cm³/mol. The van der Waals surface area contributed by atoms with Crippen molar-refractivity contribution in [2.24, 2.45) is 5.92 Å². The largest absolute Gasteiger partial charge is 0.465 e. The van der Waals surface area contributed by atoms with Gasteiger partial charge in [-0.25, -0.2) is 4.79 Å². The molecule has 0 unspecified atom stereocenters. The number of hydrogen-bond acceptors (Lipinski definition) is 3. The maximum Gasteiger partial charge on any atom is 0.407 e. The monoisotopic (exact) mass is 380 g/mol. The van der Waals surface area contributed by atoms with E-state index in [2.05, 4.69) is 4.98 Å². The number of rotatable bonds is 6. The fourth-order valence-corrected chi connectivity index (χ4v) is 3.13. The molecule has 1 aromatic carbocycles. The molecule has 2 N–H and O–H groups in total. The molecule has 1 fully saturated rings. The number of halogens is 2. The number of aromatic nitrogens is 1. The van der Waals surface area contributed by atoms with E-state index in [1.165, 1.54) is 11.1 Å². The molecule has 0 aliphatic heterocycles. The van der Waals surface area contributed by atoms with Gasteiger partial charge in [-0.05, 0) is 48.6 Å². The average molecular weight is 381 g/mol. The molecule has 1 amide bonds. The third-order valence-electron chi connectivity index (χ3n) is 4.28. The van der Waals surface area contributed by atoms with Crippen molar-refractivity contribution < 1.29 is 15.0 Å². The molecular weight excluding hydrogens is 363 g/mol. The van der Waals surface area contributed by atoms with Gasteiger partial charge in [-0.15, -0.1) is 0 Å². The van der Waals surface area contributed by atoms with Crippen LogP contribution in [0.1, 0.15) is 36.2 Å². The molecule has 7 heteroatoms. The van der Waals surface area contributed by atoms with Crippen molar-refractivity contribution in [3.63, 3.8) is 0 Å². The summed E-state index contributed by atoms with van der Waals surface area (Å²) in [7, 11) is 0. The van der Waals surface area contributed by atoms with Crippen LogP contribution in [-0.4, -0.2) is 32.7 Å². The summed E-state index contributed by atoms with van der Waals surface area (Å²) in [6.45, 7) is 0.363. The minimum absolute atomic E-state index is 0.331. The van der Waals surface area contributed by atoms with Crippen LogP contribution in [0.4, 0.5) is 4.79 Å². The van der Waals surface area contributed by atoms with E-state index in [0.717, 1.165) is 12.8 Å². The summed E-state index contributed by atoms with van der Waals surface area (Å²) in [5.74, 6) is 0.331. The molecule has 1 aliphatic carbocycles. The van der Waals surface area contributed by atoms with Crippen molar-refractivity contribution in [2.45, 2.75) is 25.0 Å². The minimum atomic E-state index is -1.10. The van der Waals surface area contributed by atoms with Crippen molar-refractivity contribution in [1.82, 2.24) is 9.88 Å². The topological polar surface area (TPSA) is 73.7 Å². The first kappa shape index (κ1) is 18.0. The highest BCUT2D eigenvalue weighted by atomic mass is 35.5. The van der Waals surface area contributed by atoms with E-state index in [-0.39, 0.29) is 0 Å². The van der Waals surface area contributed by atoms with Gasteiger partial charge in [-0.2, -0.15) is 0 Å². The molecule has 1 aromatic heterocycles. The number of hydrogen-bond donors (Lipinski definition) is 2. The first-order chi connectivity index (χ1) is 12.0. The second kappa shape index (κ2) is 7.60.